The molecule has 90 valence electrons. The van der Waals surface area contributed by atoms with Gasteiger partial charge in [-0.2, -0.15) is 5.26 Å². The number of hydrogen-bond acceptors (Lipinski definition) is 3. The minimum Gasteiger partial charge on any atom is -0.325 e. The lowest BCUT2D eigenvalue weighted by atomic mass is 9.95. The van der Waals surface area contributed by atoms with Crippen LogP contribution >= 0.6 is 11.8 Å². The van der Waals surface area contributed by atoms with Gasteiger partial charge in [-0.05, 0) is 43.9 Å². The summed E-state index contributed by atoms with van der Waals surface area (Å²) in [6.07, 6.45) is 0. The first-order valence-electron chi connectivity index (χ1n) is 5.45. The van der Waals surface area contributed by atoms with Crippen molar-refractivity contribution >= 4 is 23.4 Å². The molecule has 0 saturated carbocycles. The molecule has 0 saturated heterocycles. The van der Waals surface area contributed by atoms with Crippen LogP contribution in [0.25, 0.3) is 0 Å². The summed E-state index contributed by atoms with van der Waals surface area (Å²) in [7, 11) is 0. The molecule has 0 atom stereocenters. The largest absolute Gasteiger partial charge is 0.325 e. The SMILES string of the molecule is CCSc1ccc(NC(=O)C(C)(C)C#N)cc1. The highest BCUT2D eigenvalue weighted by atomic mass is 32.2. The number of carbonyl (C=O) groups excluding carboxylic acids is 1. The first-order valence-corrected chi connectivity index (χ1v) is 6.43. The summed E-state index contributed by atoms with van der Waals surface area (Å²) in [4.78, 5) is 12.9. The monoisotopic (exact) mass is 248 g/mol. The molecule has 0 heterocycles. The van der Waals surface area contributed by atoms with E-state index in [0.717, 1.165) is 11.4 Å². The van der Waals surface area contributed by atoms with E-state index in [1.807, 2.05) is 30.3 Å². The molecule has 0 aromatic heterocycles. The van der Waals surface area contributed by atoms with Gasteiger partial charge in [-0.15, -0.1) is 11.8 Å². The Kier molecular flexibility index (Phi) is 4.59. The van der Waals surface area contributed by atoms with Crippen LogP contribution in [0.3, 0.4) is 0 Å². The van der Waals surface area contributed by atoms with Crippen molar-refractivity contribution in [1.29, 1.82) is 5.26 Å². The van der Waals surface area contributed by atoms with Crippen LogP contribution in [0.15, 0.2) is 29.2 Å². The van der Waals surface area contributed by atoms with Gasteiger partial charge in [0, 0.05) is 10.6 Å². The Balaban J connectivity index is 2.70. The summed E-state index contributed by atoms with van der Waals surface area (Å²) in [5.41, 5.74) is -0.282. The third kappa shape index (κ3) is 3.79. The highest BCUT2D eigenvalue weighted by molar-refractivity contribution is 7.99. The van der Waals surface area contributed by atoms with Gasteiger partial charge in [0.25, 0.3) is 0 Å². The summed E-state index contributed by atoms with van der Waals surface area (Å²) in [5, 5.41) is 11.6. The van der Waals surface area contributed by atoms with Crippen molar-refractivity contribution in [2.45, 2.75) is 25.7 Å². The van der Waals surface area contributed by atoms with Gasteiger partial charge in [0.2, 0.25) is 5.91 Å². The third-order valence-corrected chi connectivity index (χ3v) is 3.16. The number of rotatable bonds is 4. The Morgan fingerprint density at radius 1 is 1.41 bits per heavy atom. The fourth-order valence-electron chi connectivity index (χ4n) is 1.14. The lowest BCUT2D eigenvalue weighted by Gasteiger charge is -2.15. The number of anilines is 1. The lowest BCUT2D eigenvalue weighted by molar-refractivity contribution is -0.121. The van der Waals surface area contributed by atoms with E-state index in [4.69, 9.17) is 5.26 Å². The fourth-order valence-corrected chi connectivity index (χ4v) is 1.80. The number of carbonyl (C=O) groups is 1. The molecule has 4 heteroatoms. The second-order valence-electron chi connectivity index (χ2n) is 4.15. The van der Waals surface area contributed by atoms with E-state index in [1.54, 1.807) is 25.6 Å². The summed E-state index contributed by atoms with van der Waals surface area (Å²) in [5.74, 6) is 0.739. The summed E-state index contributed by atoms with van der Waals surface area (Å²) in [6.45, 7) is 5.29. The van der Waals surface area contributed by atoms with E-state index in [9.17, 15) is 4.79 Å². The molecule has 0 fully saturated rings. The number of amides is 1. The molecular weight excluding hydrogens is 232 g/mol. The van der Waals surface area contributed by atoms with E-state index in [-0.39, 0.29) is 5.91 Å². The average molecular weight is 248 g/mol. The van der Waals surface area contributed by atoms with Gasteiger partial charge in [-0.1, -0.05) is 6.92 Å². The number of nitrogens with zero attached hydrogens (tertiary/aromatic N) is 1. The van der Waals surface area contributed by atoms with E-state index < -0.39 is 5.41 Å². The smallest absolute Gasteiger partial charge is 0.244 e. The molecule has 1 amide bonds. The molecule has 0 aliphatic heterocycles. The summed E-state index contributed by atoms with van der Waals surface area (Å²) >= 11 is 1.75. The second kappa shape index (κ2) is 5.74. The molecule has 0 aliphatic rings. The van der Waals surface area contributed by atoms with Crippen LogP contribution < -0.4 is 5.32 Å². The zero-order valence-electron chi connectivity index (χ0n) is 10.3. The predicted molar refractivity (Wildman–Crippen MR) is 70.9 cm³/mol. The molecular formula is C13H16N2OS. The van der Waals surface area contributed by atoms with Crippen molar-refractivity contribution in [3.63, 3.8) is 0 Å². The Labute approximate surface area is 106 Å². The molecule has 1 aromatic rings. The quantitative estimate of drug-likeness (QED) is 0.832. The van der Waals surface area contributed by atoms with Crippen LogP contribution in [0.2, 0.25) is 0 Å². The van der Waals surface area contributed by atoms with E-state index in [0.29, 0.717) is 0 Å². The summed E-state index contributed by atoms with van der Waals surface area (Å²) < 4.78 is 0. The van der Waals surface area contributed by atoms with Crippen molar-refractivity contribution in [3.05, 3.63) is 24.3 Å². The van der Waals surface area contributed by atoms with Gasteiger partial charge < -0.3 is 5.32 Å². The standard InChI is InChI=1S/C13H16N2OS/c1-4-17-11-7-5-10(6-8-11)15-12(16)13(2,3)9-14/h5-8H,4H2,1-3H3,(H,15,16). The number of thioether (sulfide) groups is 1. The topological polar surface area (TPSA) is 52.9 Å². The summed E-state index contributed by atoms with van der Waals surface area (Å²) in [6, 6.07) is 9.60. The zero-order chi connectivity index (χ0) is 12.9. The molecule has 3 nitrogen and oxygen atoms in total. The third-order valence-electron chi connectivity index (χ3n) is 2.27. The number of nitriles is 1. The lowest BCUT2D eigenvalue weighted by Crippen LogP contribution is -2.29. The fraction of sp³-hybridized carbons (Fsp3) is 0.385. The predicted octanol–water partition coefficient (Wildman–Crippen LogP) is 3.29. The molecule has 0 radical (unpaired) electrons. The van der Waals surface area contributed by atoms with Gasteiger partial charge >= 0.3 is 0 Å². The van der Waals surface area contributed by atoms with Crippen LogP contribution in [-0.4, -0.2) is 11.7 Å². The Morgan fingerprint density at radius 2 is 2.00 bits per heavy atom. The van der Waals surface area contributed by atoms with Gasteiger partial charge in [-0.3, -0.25) is 4.79 Å². The molecule has 17 heavy (non-hydrogen) atoms. The highest BCUT2D eigenvalue weighted by Crippen LogP contribution is 2.21. The molecule has 0 spiro atoms. The number of benzene rings is 1. The molecule has 0 aliphatic carbocycles. The van der Waals surface area contributed by atoms with Crippen LogP contribution in [0, 0.1) is 16.7 Å². The highest BCUT2D eigenvalue weighted by Gasteiger charge is 2.27. The second-order valence-corrected chi connectivity index (χ2v) is 5.49. The van der Waals surface area contributed by atoms with Crippen LogP contribution in [0.1, 0.15) is 20.8 Å². The van der Waals surface area contributed by atoms with Crippen LogP contribution in [-0.2, 0) is 4.79 Å². The van der Waals surface area contributed by atoms with Gasteiger partial charge in [0.15, 0.2) is 0 Å². The van der Waals surface area contributed by atoms with Crippen molar-refractivity contribution in [2.24, 2.45) is 5.41 Å². The van der Waals surface area contributed by atoms with Gasteiger partial charge in [0.1, 0.15) is 5.41 Å². The Bertz CT molecular complexity index is 432. The molecule has 1 aromatic carbocycles. The Hall–Kier alpha value is -1.47. The number of nitrogens with one attached hydrogen (secondary N) is 1. The van der Waals surface area contributed by atoms with Crippen molar-refractivity contribution < 1.29 is 4.79 Å². The van der Waals surface area contributed by atoms with Gasteiger partial charge in [0.05, 0.1) is 6.07 Å². The average Bonchev–Trinajstić information content (AvgIpc) is 2.32. The van der Waals surface area contributed by atoms with Crippen LogP contribution in [0.4, 0.5) is 5.69 Å². The molecule has 0 unspecified atom stereocenters. The van der Waals surface area contributed by atoms with Crippen LogP contribution in [0.5, 0.6) is 0 Å². The number of hydrogen-bond donors (Lipinski definition) is 1. The van der Waals surface area contributed by atoms with Crippen molar-refractivity contribution in [2.75, 3.05) is 11.1 Å². The van der Waals surface area contributed by atoms with E-state index in [1.165, 1.54) is 4.90 Å². The molecule has 1 rings (SSSR count). The molecule has 1 N–H and O–H groups in total. The maximum Gasteiger partial charge on any atom is 0.244 e. The maximum atomic E-state index is 11.7. The maximum absolute atomic E-state index is 11.7. The van der Waals surface area contributed by atoms with Crippen molar-refractivity contribution in [1.82, 2.24) is 0 Å². The molecule has 0 bridgehead atoms. The first-order chi connectivity index (χ1) is 7.99. The normalized spacial score (nSPS) is 10.7. The minimum atomic E-state index is -1.00. The zero-order valence-corrected chi connectivity index (χ0v) is 11.1. The first kappa shape index (κ1) is 13.6. The Morgan fingerprint density at radius 3 is 2.47 bits per heavy atom. The van der Waals surface area contributed by atoms with Gasteiger partial charge in [-0.25, -0.2) is 0 Å². The van der Waals surface area contributed by atoms with E-state index >= 15 is 0 Å². The van der Waals surface area contributed by atoms with Crippen molar-refractivity contribution in [3.8, 4) is 6.07 Å². The minimum absolute atomic E-state index is 0.282. The van der Waals surface area contributed by atoms with E-state index in [2.05, 4.69) is 12.2 Å².